The van der Waals surface area contributed by atoms with Crippen molar-refractivity contribution in [1.29, 1.82) is 0 Å². The van der Waals surface area contributed by atoms with Crippen LogP contribution in [-0.2, 0) is 14.9 Å². The summed E-state index contributed by atoms with van der Waals surface area (Å²) in [4.78, 5) is 15.3. The van der Waals surface area contributed by atoms with Crippen molar-refractivity contribution in [2.45, 2.75) is 56.1 Å². The largest absolute Gasteiger partial charge is 0.392 e. The Morgan fingerprint density at radius 1 is 1.20 bits per heavy atom. The lowest BCUT2D eigenvalue weighted by Crippen LogP contribution is -2.63. The van der Waals surface area contributed by atoms with E-state index in [4.69, 9.17) is 16.3 Å². The molecule has 25 heavy (non-hydrogen) atoms. The summed E-state index contributed by atoms with van der Waals surface area (Å²) in [6.45, 7) is 1.43. The lowest BCUT2D eigenvalue weighted by molar-refractivity contribution is -0.203. The Labute approximate surface area is 154 Å². The minimum Gasteiger partial charge on any atom is -0.392 e. The molecule has 1 aliphatic heterocycles. The number of hydrogen-bond acceptors (Lipinski definition) is 3. The molecule has 1 amide bonds. The topological polar surface area (TPSA) is 49.8 Å². The number of nitrogens with zero attached hydrogens (tertiary/aromatic N) is 1. The first kappa shape index (κ1) is 17.3. The molecule has 3 fully saturated rings. The molecule has 1 aromatic rings. The lowest BCUT2D eigenvalue weighted by atomic mass is 9.58. The van der Waals surface area contributed by atoms with Crippen LogP contribution in [0.4, 0.5) is 0 Å². The second-order valence-electron chi connectivity index (χ2n) is 7.94. The number of hydrogen-bond donors (Lipinski definition) is 1. The molecule has 2 atom stereocenters. The summed E-state index contributed by atoms with van der Waals surface area (Å²) in [5.41, 5.74) is 0.582. The van der Waals surface area contributed by atoms with Crippen LogP contribution in [0.2, 0.25) is 5.02 Å². The molecule has 4 nitrogen and oxygen atoms in total. The van der Waals surface area contributed by atoms with E-state index in [9.17, 15) is 9.90 Å². The summed E-state index contributed by atoms with van der Waals surface area (Å²) in [5.74, 6) is 0.249. The zero-order valence-electron chi connectivity index (χ0n) is 14.7. The molecular formula is C20H26ClNO3. The zero-order chi connectivity index (χ0) is 17.7. The molecule has 1 spiro atoms. The highest BCUT2D eigenvalue weighted by atomic mass is 35.5. The highest BCUT2D eigenvalue weighted by Gasteiger charge is 2.57. The maximum atomic E-state index is 13.3. The zero-order valence-corrected chi connectivity index (χ0v) is 15.5. The minimum absolute atomic E-state index is 0.133. The van der Waals surface area contributed by atoms with E-state index in [1.165, 1.54) is 0 Å². The summed E-state index contributed by atoms with van der Waals surface area (Å²) in [6.07, 6.45) is 5.15. The van der Waals surface area contributed by atoms with Crippen LogP contribution in [0, 0.1) is 5.41 Å². The molecule has 136 valence electrons. The SMILES string of the molecule is CO[C@H]1C[C@@H](O)C12CCN(C(=O)C1(c3ccc(Cl)cc3)CCC1)CC2. The molecule has 1 heterocycles. The van der Waals surface area contributed by atoms with Crippen molar-refractivity contribution in [1.82, 2.24) is 4.90 Å². The van der Waals surface area contributed by atoms with E-state index < -0.39 is 0 Å². The number of amides is 1. The van der Waals surface area contributed by atoms with Gasteiger partial charge in [0.2, 0.25) is 5.91 Å². The molecule has 1 aromatic carbocycles. The van der Waals surface area contributed by atoms with Crippen molar-refractivity contribution in [3.8, 4) is 0 Å². The van der Waals surface area contributed by atoms with Crippen molar-refractivity contribution in [3.63, 3.8) is 0 Å². The van der Waals surface area contributed by atoms with Crippen molar-refractivity contribution >= 4 is 17.5 Å². The number of halogens is 1. The first-order valence-electron chi connectivity index (χ1n) is 9.28. The quantitative estimate of drug-likeness (QED) is 0.897. The normalized spacial score (nSPS) is 29.8. The summed E-state index contributed by atoms with van der Waals surface area (Å²) < 4.78 is 5.55. The highest BCUT2D eigenvalue weighted by molar-refractivity contribution is 6.30. The van der Waals surface area contributed by atoms with Crippen molar-refractivity contribution < 1.29 is 14.6 Å². The van der Waals surface area contributed by atoms with Gasteiger partial charge in [0.25, 0.3) is 0 Å². The first-order valence-corrected chi connectivity index (χ1v) is 9.66. The van der Waals surface area contributed by atoms with Gasteiger partial charge in [0, 0.05) is 37.1 Å². The number of piperidine rings is 1. The summed E-state index contributed by atoms with van der Waals surface area (Å²) in [7, 11) is 1.72. The number of benzene rings is 1. The predicted molar refractivity (Wildman–Crippen MR) is 96.6 cm³/mol. The van der Waals surface area contributed by atoms with E-state index in [1.54, 1.807) is 7.11 Å². The van der Waals surface area contributed by atoms with Crippen molar-refractivity contribution in [2.24, 2.45) is 5.41 Å². The van der Waals surface area contributed by atoms with Crippen molar-refractivity contribution in [3.05, 3.63) is 34.9 Å². The van der Waals surface area contributed by atoms with Gasteiger partial charge in [-0.15, -0.1) is 0 Å². The predicted octanol–water partition coefficient (Wildman–Crippen LogP) is 3.15. The maximum Gasteiger partial charge on any atom is 0.233 e. The van der Waals surface area contributed by atoms with Gasteiger partial charge >= 0.3 is 0 Å². The molecule has 0 aromatic heterocycles. The maximum absolute atomic E-state index is 13.3. The number of carbonyl (C=O) groups excluding carboxylic acids is 1. The van der Waals surface area contributed by atoms with Crippen molar-refractivity contribution in [2.75, 3.05) is 20.2 Å². The van der Waals surface area contributed by atoms with Gasteiger partial charge in [0.1, 0.15) is 0 Å². The standard InChI is InChI=1S/C20H26ClNO3/c1-25-17-13-16(23)20(17)9-11-22(12-10-20)18(24)19(7-2-8-19)14-3-5-15(21)6-4-14/h3-6,16-17,23H,2,7-13H2,1H3/t16-,17+/m1/s1. The molecule has 0 bridgehead atoms. The fraction of sp³-hybridized carbons (Fsp3) is 0.650. The molecule has 1 saturated heterocycles. The Morgan fingerprint density at radius 3 is 2.32 bits per heavy atom. The van der Waals surface area contributed by atoms with E-state index in [-0.39, 0.29) is 28.9 Å². The second kappa shape index (κ2) is 6.26. The third-order valence-electron chi connectivity index (χ3n) is 7.02. The highest BCUT2D eigenvalue weighted by Crippen LogP contribution is 2.52. The Hall–Kier alpha value is -1.10. The van der Waals surface area contributed by atoms with Gasteiger partial charge < -0.3 is 14.7 Å². The number of aliphatic hydroxyl groups excluding tert-OH is 1. The van der Waals surface area contributed by atoms with Crippen LogP contribution in [0.1, 0.15) is 44.1 Å². The van der Waals surface area contributed by atoms with Crippen LogP contribution in [0.5, 0.6) is 0 Å². The molecule has 2 aliphatic carbocycles. The monoisotopic (exact) mass is 363 g/mol. The number of methoxy groups -OCH3 is 1. The van der Waals surface area contributed by atoms with Crippen LogP contribution in [0.25, 0.3) is 0 Å². The Balaban J connectivity index is 1.49. The number of ether oxygens (including phenoxy) is 1. The van der Waals surface area contributed by atoms with Crippen LogP contribution in [0.3, 0.4) is 0 Å². The van der Waals surface area contributed by atoms with Crippen LogP contribution in [0.15, 0.2) is 24.3 Å². The fourth-order valence-corrected chi connectivity index (χ4v) is 5.19. The average molecular weight is 364 g/mol. The number of rotatable bonds is 3. The molecule has 5 heteroatoms. The minimum atomic E-state index is -0.367. The van der Waals surface area contributed by atoms with Gasteiger partial charge in [-0.3, -0.25) is 4.79 Å². The van der Waals surface area contributed by atoms with Gasteiger partial charge in [-0.1, -0.05) is 30.2 Å². The van der Waals surface area contributed by atoms with Gasteiger partial charge in [-0.05, 0) is 43.4 Å². The van der Waals surface area contributed by atoms with Gasteiger partial charge in [-0.2, -0.15) is 0 Å². The van der Waals surface area contributed by atoms with E-state index in [1.807, 2.05) is 29.2 Å². The van der Waals surface area contributed by atoms with Gasteiger partial charge in [0.15, 0.2) is 0 Å². The van der Waals surface area contributed by atoms with E-state index in [2.05, 4.69) is 0 Å². The number of carbonyl (C=O) groups is 1. The first-order chi connectivity index (χ1) is 12.0. The molecule has 1 N–H and O–H groups in total. The molecule has 0 unspecified atom stereocenters. The van der Waals surface area contributed by atoms with E-state index in [0.29, 0.717) is 18.1 Å². The summed E-state index contributed by atoms with van der Waals surface area (Å²) in [6, 6.07) is 7.76. The van der Waals surface area contributed by atoms with Gasteiger partial charge in [0.05, 0.1) is 17.6 Å². The molecule has 0 radical (unpaired) electrons. The Morgan fingerprint density at radius 2 is 1.84 bits per heavy atom. The number of aliphatic hydroxyl groups is 1. The number of likely N-dealkylation sites (tertiary alicyclic amines) is 1. The van der Waals surface area contributed by atoms with E-state index >= 15 is 0 Å². The summed E-state index contributed by atoms with van der Waals surface area (Å²) >= 11 is 6.02. The van der Waals surface area contributed by atoms with Gasteiger partial charge in [-0.25, -0.2) is 0 Å². The second-order valence-corrected chi connectivity index (χ2v) is 8.38. The van der Waals surface area contributed by atoms with E-state index in [0.717, 1.165) is 44.1 Å². The van der Waals surface area contributed by atoms with Crippen LogP contribution in [-0.4, -0.2) is 48.3 Å². The smallest absolute Gasteiger partial charge is 0.233 e. The van der Waals surface area contributed by atoms with Crippen LogP contribution >= 0.6 is 11.6 Å². The molecule has 4 rings (SSSR count). The Kier molecular flexibility index (Phi) is 4.33. The van der Waals surface area contributed by atoms with Crippen LogP contribution < -0.4 is 0 Å². The third-order valence-corrected chi connectivity index (χ3v) is 7.27. The lowest BCUT2D eigenvalue weighted by Gasteiger charge is -2.57. The molecule has 2 saturated carbocycles. The average Bonchev–Trinajstić information content (AvgIpc) is 2.60. The molecular weight excluding hydrogens is 338 g/mol. The Bertz CT molecular complexity index is 647. The summed E-state index contributed by atoms with van der Waals surface area (Å²) in [5, 5.41) is 11.0. The molecule has 3 aliphatic rings. The third kappa shape index (κ3) is 2.53. The fourth-order valence-electron chi connectivity index (χ4n) is 5.07.